The molecular formula is C25H29ClN4O3S. The number of hydrogen-bond donors (Lipinski definition) is 1. The van der Waals surface area contributed by atoms with Crippen LogP contribution in [0.3, 0.4) is 0 Å². The summed E-state index contributed by atoms with van der Waals surface area (Å²) in [5.41, 5.74) is 3.63. The molecule has 3 aromatic rings. The van der Waals surface area contributed by atoms with Gasteiger partial charge in [0, 0.05) is 42.8 Å². The number of piperazine rings is 1. The lowest BCUT2D eigenvalue weighted by Gasteiger charge is -2.40. The maximum Gasteiger partial charge on any atom is 0.251 e. The summed E-state index contributed by atoms with van der Waals surface area (Å²) in [7, 11) is 3.31. The van der Waals surface area contributed by atoms with Crippen molar-refractivity contribution < 1.29 is 14.3 Å². The van der Waals surface area contributed by atoms with Crippen molar-refractivity contribution in [3.63, 3.8) is 0 Å². The Bertz CT molecular complexity index is 1120. The van der Waals surface area contributed by atoms with Crippen molar-refractivity contribution >= 4 is 34.7 Å². The Morgan fingerprint density at radius 3 is 2.62 bits per heavy atom. The molecule has 1 aromatic heterocycles. The topological polar surface area (TPSA) is 66.9 Å². The third-order valence-electron chi connectivity index (χ3n) is 5.97. The Balaban J connectivity index is 1.35. The van der Waals surface area contributed by atoms with E-state index in [-0.39, 0.29) is 5.91 Å². The van der Waals surface area contributed by atoms with Gasteiger partial charge in [-0.05, 0) is 48.9 Å². The zero-order valence-corrected chi connectivity index (χ0v) is 21.2. The minimum absolute atomic E-state index is 0.121. The fourth-order valence-electron chi connectivity index (χ4n) is 4.21. The van der Waals surface area contributed by atoms with E-state index in [2.05, 4.69) is 33.1 Å². The van der Waals surface area contributed by atoms with Crippen molar-refractivity contribution in [3.05, 3.63) is 69.0 Å². The van der Waals surface area contributed by atoms with E-state index in [1.807, 2.05) is 17.6 Å². The monoisotopic (exact) mass is 500 g/mol. The molecule has 1 amide bonds. The van der Waals surface area contributed by atoms with Gasteiger partial charge in [-0.15, -0.1) is 11.3 Å². The normalized spacial score (nSPS) is 16.4. The highest BCUT2D eigenvalue weighted by Crippen LogP contribution is 2.30. The number of hydrogen-bond acceptors (Lipinski definition) is 7. The molecule has 0 radical (unpaired) electrons. The molecule has 0 spiro atoms. The third kappa shape index (κ3) is 5.63. The van der Waals surface area contributed by atoms with E-state index >= 15 is 0 Å². The van der Waals surface area contributed by atoms with E-state index in [1.165, 1.54) is 5.56 Å². The molecular weight excluding hydrogens is 472 g/mol. The molecule has 2 aromatic carbocycles. The van der Waals surface area contributed by atoms with Gasteiger partial charge in [0.05, 0.1) is 31.2 Å². The molecule has 4 rings (SSSR count). The Labute approximate surface area is 209 Å². The molecule has 34 heavy (non-hydrogen) atoms. The first-order valence-corrected chi connectivity index (χ1v) is 12.4. The average molecular weight is 501 g/mol. The second-order valence-electron chi connectivity index (χ2n) is 8.26. The highest BCUT2D eigenvalue weighted by atomic mass is 35.5. The van der Waals surface area contributed by atoms with Gasteiger partial charge in [0.1, 0.15) is 5.82 Å². The Hall–Kier alpha value is -2.81. The number of benzene rings is 2. The van der Waals surface area contributed by atoms with Crippen LogP contribution in [0, 0.1) is 0 Å². The molecule has 1 aliphatic rings. The van der Waals surface area contributed by atoms with Crippen molar-refractivity contribution in [1.82, 2.24) is 15.2 Å². The number of halogens is 1. The molecule has 1 aliphatic heterocycles. The zero-order chi connectivity index (χ0) is 24.1. The second-order valence-corrected chi connectivity index (χ2v) is 9.63. The van der Waals surface area contributed by atoms with Crippen LogP contribution in [0.1, 0.15) is 27.7 Å². The van der Waals surface area contributed by atoms with Gasteiger partial charge in [-0.2, -0.15) is 0 Å². The van der Waals surface area contributed by atoms with E-state index in [0.29, 0.717) is 23.2 Å². The van der Waals surface area contributed by atoms with Crippen molar-refractivity contribution in [3.8, 4) is 11.5 Å². The van der Waals surface area contributed by atoms with Gasteiger partial charge in [-0.3, -0.25) is 9.69 Å². The van der Waals surface area contributed by atoms with Gasteiger partial charge >= 0.3 is 0 Å². The maximum atomic E-state index is 12.5. The first-order chi connectivity index (χ1) is 16.5. The molecule has 0 aliphatic carbocycles. The molecule has 2 heterocycles. The predicted molar refractivity (Wildman–Crippen MR) is 136 cm³/mol. The Kier molecular flexibility index (Phi) is 7.92. The fourth-order valence-corrected chi connectivity index (χ4v) is 5.05. The lowest BCUT2D eigenvalue weighted by molar-refractivity contribution is 0.0951. The summed E-state index contributed by atoms with van der Waals surface area (Å²) in [4.78, 5) is 23.0. The smallest absolute Gasteiger partial charge is 0.251 e. The number of ether oxygens (including phenoxy) is 2. The Morgan fingerprint density at radius 2 is 1.91 bits per heavy atom. The number of anilines is 1. The largest absolute Gasteiger partial charge is 0.493 e. The van der Waals surface area contributed by atoms with Crippen LogP contribution in [-0.2, 0) is 13.1 Å². The average Bonchev–Trinajstić information content (AvgIpc) is 3.31. The molecule has 1 N–H and O–H groups in total. The van der Waals surface area contributed by atoms with Gasteiger partial charge in [-0.25, -0.2) is 4.98 Å². The van der Waals surface area contributed by atoms with Crippen molar-refractivity contribution in [2.75, 3.05) is 38.8 Å². The molecule has 180 valence electrons. The quantitative estimate of drug-likeness (QED) is 0.492. The fraction of sp³-hybridized carbons (Fsp3) is 0.360. The van der Waals surface area contributed by atoms with E-state index in [9.17, 15) is 4.79 Å². The van der Waals surface area contributed by atoms with Crippen LogP contribution in [0.25, 0.3) is 0 Å². The van der Waals surface area contributed by atoms with E-state index in [0.717, 1.165) is 48.4 Å². The van der Waals surface area contributed by atoms with Crippen LogP contribution >= 0.6 is 22.9 Å². The van der Waals surface area contributed by atoms with Gasteiger partial charge in [0.25, 0.3) is 5.91 Å². The molecule has 1 atom stereocenters. The highest BCUT2D eigenvalue weighted by Gasteiger charge is 2.27. The van der Waals surface area contributed by atoms with Crippen LogP contribution in [0.2, 0.25) is 5.02 Å². The summed E-state index contributed by atoms with van der Waals surface area (Å²) < 4.78 is 10.8. The lowest BCUT2D eigenvalue weighted by Crippen LogP contribution is -2.52. The maximum absolute atomic E-state index is 12.5. The standard InChI is InChI=1S/C25H29ClN4O3S/c1-17-14-29(15-18-4-9-21(32-2)22(12-18)33-3)10-11-30(17)24-23(34-16-28-24)13-27-25(31)19-5-7-20(26)8-6-19/h4-9,12,16-17H,10-11,13-15H2,1-3H3,(H,27,31). The molecule has 9 heteroatoms. The molecule has 1 fully saturated rings. The van der Waals surface area contributed by atoms with Gasteiger partial charge < -0.3 is 19.7 Å². The minimum Gasteiger partial charge on any atom is -0.493 e. The van der Waals surface area contributed by atoms with Gasteiger partial charge in [0.2, 0.25) is 0 Å². The van der Waals surface area contributed by atoms with Crippen LogP contribution < -0.4 is 19.7 Å². The summed E-state index contributed by atoms with van der Waals surface area (Å²) in [5, 5.41) is 3.62. The molecule has 7 nitrogen and oxygen atoms in total. The summed E-state index contributed by atoms with van der Waals surface area (Å²) in [6.45, 7) is 6.22. The van der Waals surface area contributed by atoms with Gasteiger partial charge in [0.15, 0.2) is 11.5 Å². The number of carbonyl (C=O) groups excluding carboxylic acids is 1. The van der Waals surface area contributed by atoms with Crippen LogP contribution in [-0.4, -0.2) is 55.7 Å². The van der Waals surface area contributed by atoms with E-state index in [4.69, 9.17) is 21.1 Å². The van der Waals surface area contributed by atoms with Crippen LogP contribution in [0.15, 0.2) is 48.0 Å². The van der Waals surface area contributed by atoms with Crippen LogP contribution in [0.5, 0.6) is 11.5 Å². The van der Waals surface area contributed by atoms with Gasteiger partial charge in [-0.1, -0.05) is 17.7 Å². The summed E-state index contributed by atoms with van der Waals surface area (Å²) in [6, 6.07) is 13.3. The van der Waals surface area contributed by atoms with Crippen LogP contribution in [0.4, 0.5) is 5.82 Å². The number of thiazole rings is 1. The molecule has 0 saturated carbocycles. The number of carbonyl (C=O) groups is 1. The third-order valence-corrected chi connectivity index (χ3v) is 7.05. The number of aromatic nitrogens is 1. The molecule has 0 bridgehead atoms. The second kappa shape index (κ2) is 11.1. The van der Waals surface area contributed by atoms with Crippen molar-refractivity contribution in [2.45, 2.75) is 26.1 Å². The lowest BCUT2D eigenvalue weighted by atomic mass is 10.1. The SMILES string of the molecule is COc1ccc(CN2CCN(c3ncsc3CNC(=O)c3ccc(Cl)cc3)C(C)C2)cc1OC. The number of amides is 1. The first-order valence-electron chi connectivity index (χ1n) is 11.1. The van der Waals surface area contributed by atoms with E-state index in [1.54, 1.807) is 49.8 Å². The number of rotatable bonds is 8. The van der Waals surface area contributed by atoms with E-state index < -0.39 is 0 Å². The first kappa shape index (κ1) is 24.3. The Morgan fingerprint density at radius 1 is 1.15 bits per heavy atom. The predicted octanol–water partition coefficient (Wildman–Crippen LogP) is 4.45. The van der Waals surface area contributed by atoms with Crippen molar-refractivity contribution in [2.24, 2.45) is 0 Å². The number of nitrogens with zero attached hydrogens (tertiary/aromatic N) is 3. The number of methoxy groups -OCH3 is 2. The summed E-state index contributed by atoms with van der Waals surface area (Å²) in [5.74, 6) is 2.33. The summed E-state index contributed by atoms with van der Waals surface area (Å²) >= 11 is 7.49. The number of nitrogens with one attached hydrogen (secondary N) is 1. The van der Waals surface area contributed by atoms with Crippen molar-refractivity contribution in [1.29, 1.82) is 0 Å². The molecule has 1 saturated heterocycles. The zero-order valence-electron chi connectivity index (χ0n) is 19.6. The minimum atomic E-state index is -0.121. The highest BCUT2D eigenvalue weighted by molar-refractivity contribution is 7.10. The molecule has 1 unspecified atom stereocenters. The summed E-state index contributed by atoms with van der Waals surface area (Å²) in [6.07, 6.45) is 0.